The van der Waals surface area contributed by atoms with Crippen LogP contribution in [0, 0.1) is 0 Å². The second-order valence-corrected chi connectivity index (χ2v) is 7.52. The van der Waals surface area contributed by atoms with Gasteiger partial charge in [-0.05, 0) is 43.4 Å². The highest BCUT2D eigenvalue weighted by atomic mass is 32.2. The lowest BCUT2D eigenvalue weighted by Crippen LogP contribution is -2.42. The van der Waals surface area contributed by atoms with Gasteiger partial charge in [0.25, 0.3) is 0 Å². The third kappa shape index (κ3) is 5.06. The zero-order chi connectivity index (χ0) is 15.9. The van der Waals surface area contributed by atoms with E-state index in [-0.39, 0.29) is 0 Å². The predicted octanol–water partition coefficient (Wildman–Crippen LogP) is 3.26. The highest BCUT2D eigenvalue weighted by Gasteiger charge is 2.15. The smallest absolute Gasteiger partial charge is 0.191 e. The van der Waals surface area contributed by atoms with E-state index in [4.69, 9.17) is 10.5 Å². The van der Waals surface area contributed by atoms with Crippen molar-refractivity contribution in [3.8, 4) is 5.75 Å². The van der Waals surface area contributed by atoms with E-state index in [1.165, 1.54) is 32.1 Å². The number of rotatable bonds is 4. The number of aliphatic imine (C=N–C) groups is 1. The number of nitrogens with zero attached hydrogens (tertiary/aromatic N) is 2. The molecular weight excluding hydrogens is 306 g/mol. The van der Waals surface area contributed by atoms with Crippen molar-refractivity contribution in [1.29, 1.82) is 0 Å². The fraction of sp³-hybridized carbons (Fsp3) is 0.611. The Hall–Kier alpha value is -1.36. The largest absolute Gasteiger partial charge is 0.490 e. The Labute approximate surface area is 143 Å². The highest BCUT2D eigenvalue weighted by Crippen LogP contribution is 2.24. The molecule has 0 aromatic heterocycles. The third-order valence-corrected chi connectivity index (χ3v) is 5.45. The van der Waals surface area contributed by atoms with Crippen LogP contribution in [-0.2, 0) is 6.54 Å². The van der Waals surface area contributed by atoms with Gasteiger partial charge in [0.05, 0.1) is 12.6 Å². The SMILES string of the molecule is NC(=NCc1cccc(OC2CCCCC2)c1)N1CCSCC1. The zero-order valence-corrected chi connectivity index (χ0v) is 14.6. The van der Waals surface area contributed by atoms with Gasteiger partial charge in [-0.3, -0.25) is 0 Å². The molecule has 2 fully saturated rings. The lowest BCUT2D eigenvalue weighted by Gasteiger charge is -2.27. The summed E-state index contributed by atoms with van der Waals surface area (Å²) in [7, 11) is 0. The van der Waals surface area contributed by atoms with Gasteiger partial charge in [-0.1, -0.05) is 18.6 Å². The van der Waals surface area contributed by atoms with Gasteiger partial charge in [-0.25, -0.2) is 4.99 Å². The molecular formula is C18H27N3OS. The highest BCUT2D eigenvalue weighted by molar-refractivity contribution is 7.99. The lowest BCUT2D eigenvalue weighted by atomic mass is 9.98. The van der Waals surface area contributed by atoms with E-state index in [2.05, 4.69) is 28.1 Å². The fourth-order valence-electron chi connectivity index (χ4n) is 3.16. The normalized spacial score (nSPS) is 20.5. The van der Waals surface area contributed by atoms with Crippen molar-refractivity contribution < 1.29 is 4.74 Å². The molecule has 2 N–H and O–H groups in total. The summed E-state index contributed by atoms with van der Waals surface area (Å²) in [5.74, 6) is 3.92. The summed E-state index contributed by atoms with van der Waals surface area (Å²) in [5.41, 5.74) is 7.28. The van der Waals surface area contributed by atoms with E-state index in [9.17, 15) is 0 Å². The van der Waals surface area contributed by atoms with Gasteiger partial charge in [0.2, 0.25) is 0 Å². The average molecular weight is 334 g/mol. The summed E-state index contributed by atoms with van der Waals surface area (Å²) in [6.07, 6.45) is 6.69. The van der Waals surface area contributed by atoms with Crippen LogP contribution in [0.5, 0.6) is 5.75 Å². The van der Waals surface area contributed by atoms with Gasteiger partial charge in [-0.2, -0.15) is 11.8 Å². The molecule has 23 heavy (non-hydrogen) atoms. The van der Waals surface area contributed by atoms with Crippen LogP contribution < -0.4 is 10.5 Å². The second kappa shape index (κ2) is 8.48. The van der Waals surface area contributed by atoms with Gasteiger partial charge in [0.15, 0.2) is 5.96 Å². The Morgan fingerprint density at radius 3 is 2.78 bits per heavy atom. The Morgan fingerprint density at radius 2 is 2.00 bits per heavy atom. The molecule has 1 aliphatic heterocycles. The predicted molar refractivity (Wildman–Crippen MR) is 98.2 cm³/mol. The Kier molecular flexibility index (Phi) is 6.08. The Balaban J connectivity index is 1.56. The van der Waals surface area contributed by atoms with Crippen LogP contribution in [0.4, 0.5) is 0 Å². The molecule has 1 saturated carbocycles. The minimum atomic E-state index is 0.387. The van der Waals surface area contributed by atoms with Crippen LogP contribution in [0.3, 0.4) is 0 Å². The van der Waals surface area contributed by atoms with Gasteiger partial charge >= 0.3 is 0 Å². The molecule has 0 spiro atoms. The van der Waals surface area contributed by atoms with Gasteiger partial charge in [-0.15, -0.1) is 0 Å². The topological polar surface area (TPSA) is 50.9 Å². The lowest BCUT2D eigenvalue weighted by molar-refractivity contribution is 0.155. The van der Waals surface area contributed by atoms with Crippen LogP contribution in [-0.4, -0.2) is 41.6 Å². The van der Waals surface area contributed by atoms with Crippen LogP contribution >= 0.6 is 11.8 Å². The summed E-state index contributed by atoms with van der Waals surface area (Å²) in [5, 5.41) is 0. The molecule has 5 heteroatoms. The number of hydrogen-bond acceptors (Lipinski definition) is 3. The second-order valence-electron chi connectivity index (χ2n) is 6.30. The van der Waals surface area contributed by atoms with Gasteiger partial charge in [0.1, 0.15) is 5.75 Å². The van der Waals surface area contributed by atoms with Crippen molar-refractivity contribution in [2.24, 2.45) is 10.7 Å². The Bertz CT molecular complexity index is 523. The summed E-state index contributed by atoms with van der Waals surface area (Å²) in [4.78, 5) is 6.74. The van der Waals surface area contributed by atoms with Crippen molar-refractivity contribution in [2.45, 2.75) is 44.8 Å². The molecule has 2 aliphatic rings. The first-order valence-electron chi connectivity index (χ1n) is 8.69. The maximum Gasteiger partial charge on any atom is 0.191 e. The van der Waals surface area contributed by atoms with Crippen LogP contribution in [0.15, 0.2) is 29.3 Å². The van der Waals surface area contributed by atoms with E-state index < -0.39 is 0 Å². The summed E-state index contributed by atoms with van der Waals surface area (Å²) in [6.45, 7) is 2.63. The third-order valence-electron chi connectivity index (χ3n) is 4.51. The van der Waals surface area contributed by atoms with Gasteiger partial charge < -0.3 is 15.4 Å². The molecule has 0 bridgehead atoms. The average Bonchev–Trinajstić information content (AvgIpc) is 2.62. The van der Waals surface area contributed by atoms with E-state index in [1.807, 2.05) is 17.8 Å². The van der Waals surface area contributed by atoms with Gasteiger partial charge in [0, 0.05) is 24.6 Å². The molecule has 4 nitrogen and oxygen atoms in total. The molecule has 1 aromatic carbocycles. The van der Waals surface area contributed by atoms with Crippen molar-refractivity contribution in [2.75, 3.05) is 24.6 Å². The summed E-state index contributed by atoms with van der Waals surface area (Å²) in [6, 6.07) is 8.30. The number of nitrogens with two attached hydrogens (primary N) is 1. The van der Waals surface area contributed by atoms with E-state index in [1.54, 1.807) is 0 Å². The van der Waals surface area contributed by atoms with Crippen LogP contribution in [0.2, 0.25) is 0 Å². The van der Waals surface area contributed by atoms with Crippen molar-refractivity contribution >= 4 is 17.7 Å². The summed E-state index contributed by atoms with van der Waals surface area (Å²) >= 11 is 1.98. The maximum atomic E-state index is 6.13. The Morgan fingerprint density at radius 1 is 1.22 bits per heavy atom. The van der Waals surface area contributed by atoms with E-state index in [0.717, 1.165) is 35.9 Å². The van der Waals surface area contributed by atoms with Crippen molar-refractivity contribution in [3.05, 3.63) is 29.8 Å². The van der Waals surface area contributed by atoms with Crippen molar-refractivity contribution in [3.63, 3.8) is 0 Å². The molecule has 1 heterocycles. The first kappa shape index (κ1) is 16.5. The zero-order valence-electron chi connectivity index (χ0n) is 13.7. The molecule has 1 aromatic rings. The number of guanidine groups is 1. The first-order chi connectivity index (χ1) is 11.3. The molecule has 1 saturated heterocycles. The first-order valence-corrected chi connectivity index (χ1v) is 9.85. The van der Waals surface area contributed by atoms with Crippen LogP contribution in [0.1, 0.15) is 37.7 Å². The fourth-order valence-corrected chi connectivity index (χ4v) is 4.06. The molecule has 0 radical (unpaired) electrons. The number of hydrogen-bond donors (Lipinski definition) is 1. The van der Waals surface area contributed by atoms with E-state index in [0.29, 0.717) is 18.6 Å². The number of benzene rings is 1. The molecule has 3 rings (SSSR count). The number of thioether (sulfide) groups is 1. The quantitative estimate of drug-likeness (QED) is 0.679. The summed E-state index contributed by atoms with van der Waals surface area (Å²) < 4.78 is 6.13. The molecule has 1 aliphatic carbocycles. The molecule has 0 amide bonds. The van der Waals surface area contributed by atoms with Crippen molar-refractivity contribution in [1.82, 2.24) is 4.90 Å². The van der Waals surface area contributed by atoms with Crippen LogP contribution in [0.25, 0.3) is 0 Å². The monoisotopic (exact) mass is 333 g/mol. The minimum absolute atomic E-state index is 0.387. The maximum absolute atomic E-state index is 6.13. The molecule has 0 unspecified atom stereocenters. The molecule has 0 atom stereocenters. The minimum Gasteiger partial charge on any atom is -0.490 e. The standard InChI is InChI=1S/C18H27N3OS/c19-18(21-9-11-23-12-10-21)20-14-15-5-4-8-17(13-15)22-16-6-2-1-3-7-16/h4-5,8,13,16H,1-3,6-7,9-12,14H2,(H2,19,20). The number of ether oxygens (including phenoxy) is 1. The van der Waals surface area contributed by atoms with E-state index >= 15 is 0 Å². The molecule has 126 valence electrons.